The summed E-state index contributed by atoms with van der Waals surface area (Å²) in [7, 11) is 0. The van der Waals surface area contributed by atoms with E-state index in [2.05, 4.69) is 5.32 Å². The maximum atomic E-state index is 13.0. The molecule has 3 nitrogen and oxygen atoms in total. The topological polar surface area (TPSA) is 49.3 Å². The van der Waals surface area contributed by atoms with E-state index < -0.39 is 11.8 Å². The van der Waals surface area contributed by atoms with Crippen LogP contribution in [0.15, 0.2) is 29.6 Å². The molecule has 2 aromatic rings. The Morgan fingerprint density at radius 3 is 2.79 bits per heavy atom. The van der Waals surface area contributed by atoms with Crippen LogP contribution >= 0.6 is 22.9 Å². The van der Waals surface area contributed by atoms with Gasteiger partial charge in [0.25, 0.3) is 0 Å². The van der Waals surface area contributed by atoms with Gasteiger partial charge in [-0.1, -0.05) is 17.7 Å². The first-order valence-corrected chi connectivity index (χ1v) is 6.77. The highest BCUT2D eigenvalue weighted by Crippen LogP contribution is 2.17. The molecule has 100 valence electrons. The fraction of sp³-hybridized carbons (Fsp3) is 0.154. The Balaban J connectivity index is 1.88. The number of carbonyl (C=O) groups is 1. The van der Waals surface area contributed by atoms with Crippen molar-refractivity contribution in [2.24, 2.45) is 0 Å². The Kier molecular flexibility index (Phi) is 4.52. The SMILES string of the molecule is O=C(O)c1csc(CNCc2ccc(F)c(Cl)c2)c1. The van der Waals surface area contributed by atoms with Gasteiger partial charge in [-0.25, -0.2) is 9.18 Å². The van der Waals surface area contributed by atoms with Crippen LogP contribution in [0.25, 0.3) is 0 Å². The Bertz CT molecular complexity index is 600. The third-order valence-electron chi connectivity index (χ3n) is 2.51. The smallest absolute Gasteiger partial charge is 0.336 e. The standard InChI is InChI=1S/C13H11ClFNO2S/c14-11-3-8(1-2-12(11)15)5-16-6-10-4-9(7-19-10)13(17)18/h1-4,7,16H,5-6H2,(H,17,18). The number of halogens is 2. The van der Waals surface area contributed by atoms with Gasteiger partial charge in [0.15, 0.2) is 0 Å². The number of carboxylic acid groups (broad SMARTS) is 1. The van der Waals surface area contributed by atoms with E-state index in [0.29, 0.717) is 18.7 Å². The van der Waals surface area contributed by atoms with Crippen LogP contribution in [0, 0.1) is 5.82 Å². The second kappa shape index (κ2) is 6.14. The first kappa shape index (κ1) is 14.0. The Morgan fingerprint density at radius 2 is 2.16 bits per heavy atom. The van der Waals surface area contributed by atoms with Crippen LogP contribution in [0.1, 0.15) is 20.8 Å². The van der Waals surface area contributed by atoms with E-state index in [4.69, 9.17) is 16.7 Å². The van der Waals surface area contributed by atoms with Crippen LogP contribution in [0.3, 0.4) is 0 Å². The minimum atomic E-state index is -0.923. The fourth-order valence-electron chi connectivity index (χ4n) is 1.57. The lowest BCUT2D eigenvalue weighted by atomic mass is 10.2. The van der Waals surface area contributed by atoms with Crippen molar-refractivity contribution in [3.63, 3.8) is 0 Å². The van der Waals surface area contributed by atoms with Crippen LogP contribution in [0.4, 0.5) is 4.39 Å². The molecular formula is C13H11ClFNO2S. The zero-order valence-corrected chi connectivity index (χ0v) is 11.4. The van der Waals surface area contributed by atoms with Crippen molar-refractivity contribution >= 4 is 28.9 Å². The fourth-order valence-corrected chi connectivity index (χ4v) is 2.60. The molecule has 6 heteroatoms. The molecule has 0 aliphatic carbocycles. The molecule has 0 aliphatic rings. The zero-order valence-electron chi connectivity index (χ0n) is 9.82. The maximum absolute atomic E-state index is 13.0. The second-order valence-electron chi connectivity index (χ2n) is 3.96. The molecule has 2 rings (SSSR count). The molecule has 0 fully saturated rings. The highest BCUT2D eigenvalue weighted by atomic mass is 35.5. The molecule has 1 aromatic heterocycles. The molecule has 0 spiro atoms. The highest BCUT2D eigenvalue weighted by Gasteiger charge is 2.06. The molecule has 0 aliphatic heterocycles. The van der Waals surface area contributed by atoms with E-state index in [1.54, 1.807) is 23.6 Å². The summed E-state index contributed by atoms with van der Waals surface area (Å²) >= 11 is 7.07. The number of aromatic carboxylic acids is 1. The number of hydrogen-bond donors (Lipinski definition) is 2. The maximum Gasteiger partial charge on any atom is 0.336 e. The summed E-state index contributed by atoms with van der Waals surface area (Å²) in [5, 5.41) is 13.7. The van der Waals surface area contributed by atoms with E-state index in [1.165, 1.54) is 17.4 Å². The molecule has 0 bridgehead atoms. The predicted octanol–water partition coefficient (Wildman–Crippen LogP) is 3.53. The summed E-state index contributed by atoms with van der Waals surface area (Å²) in [6.07, 6.45) is 0. The predicted molar refractivity (Wildman–Crippen MR) is 73.2 cm³/mol. The molecule has 1 aromatic carbocycles. The van der Waals surface area contributed by atoms with E-state index in [0.717, 1.165) is 10.4 Å². The van der Waals surface area contributed by atoms with Gasteiger partial charge in [-0.15, -0.1) is 11.3 Å². The Morgan fingerprint density at radius 1 is 1.37 bits per heavy atom. The van der Waals surface area contributed by atoms with Crippen molar-refractivity contribution in [3.8, 4) is 0 Å². The van der Waals surface area contributed by atoms with Gasteiger partial charge in [0, 0.05) is 23.3 Å². The number of carboxylic acids is 1. The van der Waals surface area contributed by atoms with Crippen LogP contribution < -0.4 is 5.32 Å². The number of thiophene rings is 1. The van der Waals surface area contributed by atoms with Gasteiger partial charge in [-0.3, -0.25) is 0 Å². The third-order valence-corrected chi connectivity index (χ3v) is 3.74. The van der Waals surface area contributed by atoms with Gasteiger partial charge >= 0.3 is 5.97 Å². The van der Waals surface area contributed by atoms with E-state index in [-0.39, 0.29) is 5.02 Å². The van der Waals surface area contributed by atoms with Crippen LogP contribution in [-0.4, -0.2) is 11.1 Å². The summed E-state index contributed by atoms with van der Waals surface area (Å²) in [5.41, 5.74) is 1.17. The van der Waals surface area contributed by atoms with E-state index in [9.17, 15) is 9.18 Å². The van der Waals surface area contributed by atoms with Crippen molar-refractivity contribution in [1.29, 1.82) is 0 Å². The van der Waals surface area contributed by atoms with Gasteiger partial charge in [-0.05, 0) is 23.8 Å². The lowest BCUT2D eigenvalue weighted by molar-refractivity contribution is 0.0697. The number of nitrogens with one attached hydrogen (secondary N) is 1. The Hall–Kier alpha value is -1.43. The first-order chi connectivity index (χ1) is 9.06. The summed E-state index contributed by atoms with van der Waals surface area (Å²) in [6, 6.07) is 6.19. The van der Waals surface area contributed by atoms with E-state index in [1.807, 2.05) is 0 Å². The van der Waals surface area contributed by atoms with Crippen molar-refractivity contribution in [3.05, 3.63) is 56.5 Å². The summed E-state index contributed by atoms with van der Waals surface area (Å²) < 4.78 is 13.0. The quantitative estimate of drug-likeness (QED) is 0.888. The van der Waals surface area contributed by atoms with Crippen molar-refractivity contribution in [1.82, 2.24) is 5.32 Å². The molecule has 0 atom stereocenters. The highest BCUT2D eigenvalue weighted by molar-refractivity contribution is 7.10. The van der Waals surface area contributed by atoms with Crippen molar-refractivity contribution in [2.45, 2.75) is 13.1 Å². The minimum Gasteiger partial charge on any atom is -0.478 e. The molecule has 0 radical (unpaired) electrons. The monoisotopic (exact) mass is 299 g/mol. The average Bonchev–Trinajstić information content (AvgIpc) is 2.83. The molecule has 0 saturated carbocycles. The normalized spacial score (nSPS) is 10.6. The molecule has 1 heterocycles. The molecule has 19 heavy (non-hydrogen) atoms. The van der Waals surface area contributed by atoms with Gasteiger partial charge in [-0.2, -0.15) is 0 Å². The molecular weight excluding hydrogens is 289 g/mol. The molecule has 0 saturated heterocycles. The van der Waals surface area contributed by atoms with Crippen LogP contribution in [0.2, 0.25) is 5.02 Å². The molecule has 0 unspecified atom stereocenters. The van der Waals surface area contributed by atoms with Gasteiger partial charge < -0.3 is 10.4 Å². The lowest BCUT2D eigenvalue weighted by Crippen LogP contribution is -2.11. The summed E-state index contributed by atoms with van der Waals surface area (Å²) in [6.45, 7) is 1.10. The number of hydrogen-bond acceptors (Lipinski definition) is 3. The number of rotatable bonds is 5. The van der Waals surface area contributed by atoms with Crippen LogP contribution in [0.5, 0.6) is 0 Å². The first-order valence-electron chi connectivity index (χ1n) is 5.51. The average molecular weight is 300 g/mol. The van der Waals surface area contributed by atoms with Crippen molar-refractivity contribution < 1.29 is 14.3 Å². The van der Waals surface area contributed by atoms with Gasteiger partial charge in [0.2, 0.25) is 0 Å². The second-order valence-corrected chi connectivity index (χ2v) is 5.36. The van der Waals surface area contributed by atoms with Crippen molar-refractivity contribution in [2.75, 3.05) is 0 Å². The Labute approximate surface area is 118 Å². The van der Waals surface area contributed by atoms with Gasteiger partial charge in [0.05, 0.1) is 10.6 Å². The third kappa shape index (κ3) is 3.76. The largest absolute Gasteiger partial charge is 0.478 e. The summed E-state index contributed by atoms with van der Waals surface area (Å²) in [4.78, 5) is 11.7. The van der Waals surface area contributed by atoms with Gasteiger partial charge in [0.1, 0.15) is 5.82 Å². The minimum absolute atomic E-state index is 0.101. The zero-order chi connectivity index (χ0) is 13.8. The lowest BCUT2D eigenvalue weighted by Gasteiger charge is -2.04. The molecule has 0 amide bonds. The number of benzene rings is 1. The van der Waals surface area contributed by atoms with E-state index >= 15 is 0 Å². The molecule has 2 N–H and O–H groups in total. The summed E-state index contributed by atoms with van der Waals surface area (Å²) in [5.74, 6) is -1.36. The van der Waals surface area contributed by atoms with Crippen LogP contribution in [-0.2, 0) is 13.1 Å².